The Morgan fingerprint density at radius 2 is 2.04 bits per heavy atom. The average Bonchev–Trinajstić information content (AvgIpc) is 3.24. The molecule has 0 atom stereocenters. The van der Waals surface area contributed by atoms with Crippen molar-refractivity contribution in [2.24, 2.45) is 0 Å². The Morgan fingerprint density at radius 1 is 1.12 bits per heavy atom. The van der Waals surface area contributed by atoms with Gasteiger partial charge in [-0.3, -0.25) is 0 Å². The molecule has 2 heterocycles. The Labute approximate surface area is 164 Å². The van der Waals surface area contributed by atoms with Gasteiger partial charge >= 0.3 is 165 Å². The van der Waals surface area contributed by atoms with Gasteiger partial charge in [0.2, 0.25) is 0 Å². The quantitative estimate of drug-likeness (QED) is 0.458. The number of fused-ring (bicyclic) bond motifs is 1. The molecule has 0 fully saturated rings. The van der Waals surface area contributed by atoms with Crippen molar-refractivity contribution < 1.29 is 26.0 Å². The predicted molar refractivity (Wildman–Crippen MR) is 100 cm³/mol. The number of nitrogens with zero attached hydrogens (tertiary/aromatic N) is 1. The van der Waals surface area contributed by atoms with Crippen LogP contribution in [0.4, 0.5) is 5.13 Å². The van der Waals surface area contributed by atoms with Crippen molar-refractivity contribution in [3.63, 3.8) is 0 Å². The fourth-order valence-corrected chi connectivity index (χ4v) is 7.11. The number of halogens is 1. The molecular weight excluding hydrogens is 463 g/mol. The van der Waals surface area contributed by atoms with Crippen LogP contribution >= 0.6 is 22.7 Å². The molecule has 0 saturated carbocycles. The monoisotopic (exact) mass is 477 g/mol. The zero-order chi connectivity index (χ0) is 17.2. The summed E-state index contributed by atoms with van der Waals surface area (Å²) in [6.07, 6.45) is 0. The fraction of sp³-hybridized carbons (Fsp3) is 0.0526. The number of aryl methyl sites for hydroxylation is 1. The van der Waals surface area contributed by atoms with Crippen molar-refractivity contribution in [3.8, 4) is 0 Å². The average molecular weight is 477 g/mol. The Morgan fingerprint density at radius 3 is 2.88 bits per heavy atom. The van der Waals surface area contributed by atoms with Gasteiger partial charge in [-0.2, -0.15) is 0 Å². The van der Waals surface area contributed by atoms with Crippen LogP contribution in [0.3, 0.4) is 0 Å². The molecule has 2 aromatic heterocycles. The summed E-state index contributed by atoms with van der Waals surface area (Å²) in [6.45, 7) is 2.06. The number of rotatable bonds is 4. The third-order valence-electron chi connectivity index (χ3n) is 3.54. The normalized spacial score (nSPS) is 11.1. The predicted octanol–water partition coefficient (Wildman–Crippen LogP) is 2.05. The second-order valence-corrected chi connectivity index (χ2v) is 11.1. The minimum absolute atomic E-state index is 0.104. The Kier molecular flexibility index (Phi) is 4.82. The van der Waals surface area contributed by atoms with Gasteiger partial charge in [0, 0.05) is 0 Å². The molecule has 1 N–H and O–H groups in total. The number of carbonyl (C=O) groups excluding carboxylic acids is 1. The van der Waals surface area contributed by atoms with Crippen molar-refractivity contribution in [1.82, 2.24) is 4.98 Å². The molecule has 1 amide bonds. The standard InChI is InChI=1S/C19H14IN2OS2/c1-12-7-8-15-16(10-12)25-19(21-15)22-18(23)13-4-2-5-14(11-13)20-17-6-3-9-24-17/h2-11H,1H3,(H,21,22,23)/q-1. The first-order valence-electron chi connectivity index (χ1n) is 7.64. The summed E-state index contributed by atoms with van der Waals surface area (Å²) in [5.74, 6) is -0.104. The summed E-state index contributed by atoms with van der Waals surface area (Å²) >= 11 is 3.05. The zero-order valence-corrected chi connectivity index (χ0v) is 17.1. The Bertz CT molecular complexity index is 1040. The summed E-state index contributed by atoms with van der Waals surface area (Å²) in [6, 6.07) is 18.3. The molecular formula is C19H14IN2OS2-. The minimum atomic E-state index is -0.231. The van der Waals surface area contributed by atoms with Gasteiger partial charge < -0.3 is 0 Å². The Hall–Kier alpha value is -1.77. The summed E-state index contributed by atoms with van der Waals surface area (Å²) in [5.41, 5.74) is 2.80. The van der Waals surface area contributed by atoms with E-state index in [9.17, 15) is 4.79 Å². The summed E-state index contributed by atoms with van der Waals surface area (Å²) < 4.78 is 3.74. The van der Waals surface area contributed by atoms with Crippen LogP contribution in [0.1, 0.15) is 15.9 Å². The van der Waals surface area contributed by atoms with E-state index in [1.165, 1.54) is 23.4 Å². The van der Waals surface area contributed by atoms with E-state index >= 15 is 0 Å². The number of anilines is 1. The summed E-state index contributed by atoms with van der Waals surface area (Å²) in [4.78, 5) is 17.1. The van der Waals surface area contributed by atoms with Crippen LogP contribution < -0.4 is 26.5 Å². The number of hydrogen-bond donors (Lipinski definition) is 1. The van der Waals surface area contributed by atoms with Crippen LogP contribution in [-0.4, -0.2) is 10.9 Å². The molecule has 0 saturated heterocycles. The first-order valence-corrected chi connectivity index (χ1v) is 11.5. The molecule has 0 unspecified atom stereocenters. The topological polar surface area (TPSA) is 42.0 Å². The van der Waals surface area contributed by atoms with Gasteiger partial charge in [-0.25, -0.2) is 0 Å². The van der Waals surface area contributed by atoms with E-state index in [1.54, 1.807) is 11.3 Å². The van der Waals surface area contributed by atoms with Gasteiger partial charge in [0.25, 0.3) is 0 Å². The second kappa shape index (κ2) is 7.23. The number of thiazole rings is 1. The molecule has 3 nitrogen and oxygen atoms in total. The number of thiophene rings is 1. The number of benzene rings is 2. The SMILES string of the molecule is Cc1ccc2nc(NC(=O)c3cccc([I-]c4cccs4)c3)sc2c1. The number of hydrogen-bond acceptors (Lipinski definition) is 4. The first kappa shape index (κ1) is 16.7. The van der Waals surface area contributed by atoms with Gasteiger partial charge in [0.1, 0.15) is 0 Å². The van der Waals surface area contributed by atoms with Crippen LogP contribution in [0.15, 0.2) is 60.0 Å². The van der Waals surface area contributed by atoms with Gasteiger partial charge in [-0.05, 0) is 0 Å². The molecule has 126 valence electrons. The van der Waals surface area contributed by atoms with E-state index in [4.69, 9.17) is 0 Å². The van der Waals surface area contributed by atoms with Gasteiger partial charge in [-0.1, -0.05) is 0 Å². The second-order valence-electron chi connectivity index (χ2n) is 5.47. The molecule has 6 heteroatoms. The molecule has 4 aromatic rings. The van der Waals surface area contributed by atoms with Crippen molar-refractivity contribution in [2.75, 3.05) is 5.32 Å². The fourth-order valence-electron chi connectivity index (χ4n) is 2.36. The molecule has 25 heavy (non-hydrogen) atoms. The summed E-state index contributed by atoms with van der Waals surface area (Å²) in [5, 5.41) is 5.68. The zero-order valence-electron chi connectivity index (χ0n) is 13.3. The molecule has 0 aliphatic heterocycles. The van der Waals surface area contributed by atoms with E-state index in [-0.39, 0.29) is 27.1 Å². The molecule has 0 spiro atoms. The number of amides is 1. The van der Waals surface area contributed by atoms with Gasteiger partial charge in [0.15, 0.2) is 0 Å². The number of nitrogens with one attached hydrogen (secondary N) is 1. The molecule has 4 rings (SSSR count). The van der Waals surface area contributed by atoms with Gasteiger partial charge in [0.05, 0.1) is 0 Å². The Balaban J connectivity index is 1.53. The van der Waals surface area contributed by atoms with Crippen LogP contribution in [0, 0.1) is 13.4 Å². The molecule has 0 bridgehead atoms. The summed E-state index contributed by atoms with van der Waals surface area (Å²) in [7, 11) is 0. The van der Waals surface area contributed by atoms with Gasteiger partial charge in [-0.15, -0.1) is 0 Å². The van der Waals surface area contributed by atoms with Crippen LogP contribution in [0.5, 0.6) is 0 Å². The molecule has 0 radical (unpaired) electrons. The molecule has 0 aliphatic rings. The molecule has 0 aliphatic carbocycles. The maximum atomic E-state index is 12.6. The van der Waals surface area contributed by atoms with E-state index in [0.717, 1.165) is 10.2 Å². The van der Waals surface area contributed by atoms with E-state index in [0.29, 0.717) is 10.7 Å². The van der Waals surface area contributed by atoms with Crippen LogP contribution in [-0.2, 0) is 0 Å². The third-order valence-corrected chi connectivity index (χ3v) is 8.59. The number of carbonyl (C=O) groups is 1. The van der Waals surface area contributed by atoms with Crippen molar-refractivity contribution in [3.05, 3.63) is 77.6 Å². The van der Waals surface area contributed by atoms with Crippen molar-refractivity contribution in [1.29, 1.82) is 0 Å². The third kappa shape index (κ3) is 3.91. The maximum absolute atomic E-state index is 12.6. The van der Waals surface area contributed by atoms with Crippen LogP contribution in [0.2, 0.25) is 0 Å². The van der Waals surface area contributed by atoms with Crippen LogP contribution in [0.25, 0.3) is 10.2 Å². The van der Waals surface area contributed by atoms with Crippen molar-refractivity contribution in [2.45, 2.75) is 6.92 Å². The number of aromatic nitrogens is 1. The van der Waals surface area contributed by atoms with Crippen molar-refractivity contribution >= 4 is 43.9 Å². The van der Waals surface area contributed by atoms with E-state index in [2.05, 4.69) is 46.9 Å². The van der Waals surface area contributed by atoms with E-state index in [1.807, 2.05) is 30.3 Å². The first-order chi connectivity index (χ1) is 12.2. The van der Waals surface area contributed by atoms with E-state index < -0.39 is 0 Å². The molecule has 2 aromatic carbocycles.